The second kappa shape index (κ2) is 5.39. The largest absolute Gasteiger partial charge is 0.384 e. The molecule has 1 nitrogen and oxygen atoms in total. The fourth-order valence-corrected chi connectivity index (χ4v) is 3.82. The second-order valence-corrected chi connectivity index (χ2v) is 8.47. The third kappa shape index (κ3) is 3.28. The molecule has 1 aromatic carbocycles. The van der Waals surface area contributed by atoms with E-state index in [1.165, 1.54) is 5.56 Å². The van der Waals surface area contributed by atoms with Gasteiger partial charge in [0.05, 0.1) is 3.79 Å². The summed E-state index contributed by atoms with van der Waals surface area (Å²) in [7, 11) is 0. The van der Waals surface area contributed by atoms with Gasteiger partial charge in [0.1, 0.15) is 6.10 Å². The predicted octanol–water partition coefficient (Wildman–Crippen LogP) is 5.20. The van der Waals surface area contributed by atoms with Gasteiger partial charge < -0.3 is 5.11 Å². The smallest absolute Gasteiger partial charge is 0.105 e. The van der Waals surface area contributed by atoms with Gasteiger partial charge in [-0.2, -0.15) is 0 Å². The summed E-state index contributed by atoms with van der Waals surface area (Å²) in [5.41, 5.74) is 3.36. The molecule has 3 heteroatoms. The first-order valence-electron chi connectivity index (χ1n) is 6.33. The van der Waals surface area contributed by atoms with Crippen LogP contribution in [0.4, 0.5) is 0 Å². The van der Waals surface area contributed by atoms with E-state index in [-0.39, 0.29) is 5.41 Å². The fourth-order valence-electron chi connectivity index (χ4n) is 2.07. The summed E-state index contributed by atoms with van der Waals surface area (Å²) in [6, 6.07) is 10.3. The van der Waals surface area contributed by atoms with E-state index >= 15 is 0 Å². The van der Waals surface area contributed by atoms with Crippen molar-refractivity contribution in [1.29, 1.82) is 0 Å². The number of aliphatic hydroxyl groups excluding tert-OH is 1. The summed E-state index contributed by atoms with van der Waals surface area (Å²) < 4.78 is 1.06. The predicted molar refractivity (Wildman–Crippen MR) is 86.0 cm³/mol. The van der Waals surface area contributed by atoms with E-state index in [4.69, 9.17) is 0 Å². The number of aliphatic hydroxyl groups is 1. The maximum atomic E-state index is 10.5. The molecule has 0 aliphatic heterocycles. The van der Waals surface area contributed by atoms with E-state index in [0.29, 0.717) is 0 Å². The lowest BCUT2D eigenvalue weighted by atomic mass is 9.86. The van der Waals surface area contributed by atoms with Crippen molar-refractivity contribution in [2.24, 2.45) is 0 Å². The molecule has 1 N–H and O–H groups in total. The minimum Gasteiger partial charge on any atom is -0.384 e. The summed E-state index contributed by atoms with van der Waals surface area (Å²) in [5.74, 6) is 0. The van der Waals surface area contributed by atoms with Crippen LogP contribution >= 0.6 is 27.3 Å². The first kappa shape index (κ1) is 14.8. The first-order chi connectivity index (χ1) is 8.79. The van der Waals surface area contributed by atoms with E-state index in [1.807, 2.05) is 25.1 Å². The molecular weight excluding hydrogens is 320 g/mol. The van der Waals surface area contributed by atoms with Gasteiger partial charge in [0.2, 0.25) is 0 Å². The van der Waals surface area contributed by atoms with Crippen molar-refractivity contribution in [2.75, 3.05) is 0 Å². The van der Waals surface area contributed by atoms with Crippen molar-refractivity contribution in [3.05, 3.63) is 55.7 Å². The number of hydrogen-bond donors (Lipinski definition) is 1. The molecule has 0 aliphatic rings. The Morgan fingerprint density at radius 2 is 1.74 bits per heavy atom. The van der Waals surface area contributed by atoms with E-state index < -0.39 is 6.10 Å². The topological polar surface area (TPSA) is 20.2 Å². The van der Waals surface area contributed by atoms with Gasteiger partial charge in [0.15, 0.2) is 0 Å². The van der Waals surface area contributed by atoms with E-state index in [9.17, 15) is 5.11 Å². The Bertz CT molecular complexity index is 563. The summed E-state index contributed by atoms with van der Waals surface area (Å²) in [6.45, 7) is 8.62. The van der Waals surface area contributed by atoms with Crippen LogP contribution in [0, 0.1) is 6.92 Å². The standard InChI is InChI=1S/C16H19BrOS/c1-10-13(9-14(17)19-10)15(18)11-5-7-12(8-6-11)16(2,3)4/h5-9,15,18H,1-4H3. The molecule has 0 bridgehead atoms. The molecule has 0 spiro atoms. The van der Waals surface area contributed by atoms with Gasteiger partial charge in [-0.1, -0.05) is 45.0 Å². The molecular formula is C16H19BrOS. The molecule has 1 aromatic heterocycles. The highest BCUT2D eigenvalue weighted by molar-refractivity contribution is 9.11. The molecule has 0 saturated heterocycles. The third-order valence-corrected chi connectivity index (χ3v) is 4.88. The molecule has 2 rings (SSSR count). The van der Waals surface area contributed by atoms with Gasteiger partial charge in [0, 0.05) is 4.88 Å². The molecule has 102 valence electrons. The molecule has 1 unspecified atom stereocenters. The highest BCUT2D eigenvalue weighted by Crippen LogP contribution is 2.34. The van der Waals surface area contributed by atoms with Crippen molar-refractivity contribution >= 4 is 27.3 Å². The Hall–Kier alpha value is -0.640. The van der Waals surface area contributed by atoms with E-state index in [1.54, 1.807) is 11.3 Å². The van der Waals surface area contributed by atoms with Crippen LogP contribution in [-0.2, 0) is 5.41 Å². The third-order valence-electron chi connectivity index (χ3n) is 3.31. The minimum atomic E-state index is -0.545. The molecule has 2 aromatic rings. The highest BCUT2D eigenvalue weighted by Gasteiger charge is 2.17. The van der Waals surface area contributed by atoms with Gasteiger partial charge in [-0.15, -0.1) is 11.3 Å². The Balaban J connectivity index is 2.30. The minimum absolute atomic E-state index is 0.144. The number of halogens is 1. The SMILES string of the molecule is Cc1sc(Br)cc1C(O)c1ccc(C(C)(C)C)cc1. The van der Waals surface area contributed by atoms with Crippen molar-refractivity contribution in [3.63, 3.8) is 0 Å². The monoisotopic (exact) mass is 338 g/mol. The quantitative estimate of drug-likeness (QED) is 0.797. The van der Waals surface area contributed by atoms with Crippen LogP contribution in [0.1, 0.15) is 48.4 Å². The van der Waals surface area contributed by atoms with E-state index in [2.05, 4.69) is 48.8 Å². The van der Waals surface area contributed by atoms with Gasteiger partial charge in [-0.3, -0.25) is 0 Å². The van der Waals surface area contributed by atoms with Gasteiger partial charge >= 0.3 is 0 Å². The Morgan fingerprint density at radius 3 is 2.16 bits per heavy atom. The zero-order valence-corrected chi connectivity index (χ0v) is 14.1. The highest BCUT2D eigenvalue weighted by atomic mass is 79.9. The second-order valence-electron chi connectivity index (χ2n) is 5.84. The number of aryl methyl sites for hydroxylation is 1. The van der Waals surface area contributed by atoms with Crippen LogP contribution in [0.3, 0.4) is 0 Å². The molecule has 19 heavy (non-hydrogen) atoms. The van der Waals surface area contributed by atoms with Crippen LogP contribution < -0.4 is 0 Å². The lowest BCUT2D eigenvalue weighted by molar-refractivity contribution is 0.220. The zero-order valence-electron chi connectivity index (χ0n) is 11.7. The van der Waals surface area contributed by atoms with Crippen molar-refractivity contribution < 1.29 is 5.11 Å². The Morgan fingerprint density at radius 1 is 1.16 bits per heavy atom. The summed E-state index contributed by atoms with van der Waals surface area (Å²) in [4.78, 5) is 1.15. The molecule has 0 radical (unpaired) electrons. The maximum Gasteiger partial charge on any atom is 0.105 e. The number of benzene rings is 1. The van der Waals surface area contributed by atoms with Crippen molar-refractivity contribution in [3.8, 4) is 0 Å². The van der Waals surface area contributed by atoms with E-state index in [0.717, 1.165) is 19.8 Å². The van der Waals surface area contributed by atoms with Gasteiger partial charge in [0.25, 0.3) is 0 Å². The first-order valence-corrected chi connectivity index (χ1v) is 7.94. The number of thiophene rings is 1. The molecule has 1 atom stereocenters. The molecule has 1 heterocycles. The van der Waals surface area contributed by atoms with Crippen LogP contribution in [0.15, 0.2) is 34.1 Å². The number of hydrogen-bond acceptors (Lipinski definition) is 2. The Labute approximate surface area is 127 Å². The van der Waals surface area contributed by atoms with Crippen LogP contribution in [0.5, 0.6) is 0 Å². The van der Waals surface area contributed by atoms with Crippen LogP contribution in [0.25, 0.3) is 0 Å². The summed E-state index contributed by atoms with van der Waals surface area (Å²) in [5, 5.41) is 10.5. The maximum absolute atomic E-state index is 10.5. The average molecular weight is 339 g/mol. The van der Waals surface area contributed by atoms with Gasteiger partial charge in [-0.25, -0.2) is 0 Å². The Kier molecular flexibility index (Phi) is 4.19. The molecule has 0 saturated carbocycles. The summed E-state index contributed by atoms with van der Waals surface area (Å²) >= 11 is 5.13. The zero-order chi connectivity index (χ0) is 14.2. The summed E-state index contributed by atoms with van der Waals surface area (Å²) in [6.07, 6.45) is -0.545. The van der Waals surface area contributed by atoms with Crippen molar-refractivity contribution in [1.82, 2.24) is 0 Å². The lowest BCUT2D eigenvalue weighted by Crippen LogP contribution is -2.11. The normalized spacial score (nSPS) is 13.6. The lowest BCUT2D eigenvalue weighted by Gasteiger charge is -2.20. The van der Waals surface area contributed by atoms with Gasteiger partial charge in [-0.05, 0) is 51.0 Å². The van der Waals surface area contributed by atoms with Crippen molar-refractivity contribution in [2.45, 2.75) is 39.2 Å². The van der Waals surface area contributed by atoms with Crippen LogP contribution in [0.2, 0.25) is 0 Å². The molecule has 0 fully saturated rings. The van der Waals surface area contributed by atoms with Crippen LogP contribution in [-0.4, -0.2) is 5.11 Å². The number of rotatable bonds is 2. The fraction of sp³-hybridized carbons (Fsp3) is 0.375. The average Bonchev–Trinajstić information content (AvgIpc) is 2.66. The molecule has 0 aliphatic carbocycles. The molecule has 0 amide bonds.